The summed E-state index contributed by atoms with van der Waals surface area (Å²) in [7, 11) is 4.87. The van der Waals surface area contributed by atoms with Gasteiger partial charge in [-0.1, -0.05) is 12.8 Å². The Labute approximate surface area is 170 Å². The van der Waals surface area contributed by atoms with Crippen LogP contribution < -0.4 is 9.47 Å². The molecule has 1 aromatic heterocycles. The van der Waals surface area contributed by atoms with Gasteiger partial charge in [-0.2, -0.15) is 0 Å². The minimum absolute atomic E-state index is 0.130. The molecule has 2 aromatic rings. The number of nitrogens with zero attached hydrogens (tertiary/aromatic N) is 4. The van der Waals surface area contributed by atoms with Crippen LogP contribution in [0.25, 0.3) is 11.4 Å². The Morgan fingerprint density at radius 3 is 2.55 bits per heavy atom. The minimum Gasteiger partial charge on any atom is -0.493 e. The maximum absolute atomic E-state index is 12.8. The molecule has 0 spiro atoms. The molecule has 2 aliphatic rings. The number of ether oxygens (including phenoxy) is 3. The van der Waals surface area contributed by atoms with Crippen molar-refractivity contribution in [1.82, 2.24) is 19.7 Å². The van der Waals surface area contributed by atoms with Crippen molar-refractivity contribution in [2.24, 2.45) is 0 Å². The summed E-state index contributed by atoms with van der Waals surface area (Å²) < 4.78 is 18.2. The smallest absolute Gasteiger partial charge is 0.225 e. The fraction of sp³-hybridized carbons (Fsp3) is 0.571. The summed E-state index contributed by atoms with van der Waals surface area (Å²) in [6.45, 7) is 0.931. The van der Waals surface area contributed by atoms with Gasteiger partial charge < -0.3 is 23.7 Å². The number of rotatable bonds is 6. The molecule has 8 heteroatoms. The molecule has 1 aliphatic heterocycles. The summed E-state index contributed by atoms with van der Waals surface area (Å²) in [6.07, 6.45) is 4.70. The van der Waals surface area contributed by atoms with Crippen molar-refractivity contribution in [2.45, 2.75) is 50.7 Å². The van der Waals surface area contributed by atoms with E-state index in [1.165, 1.54) is 0 Å². The van der Waals surface area contributed by atoms with E-state index in [4.69, 9.17) is 14.2 Å². The van der Waals surface area contributed by atoms with Crippen LogP contribution in [0.3, 0.4) is 0 Å². The topological polar surface area (TPSA) is 78.7 Å². The second-order valence-electron chi connectivity index (χ2n) is 7.56. The SMILES string of the molecule is COCCC(=O)N1Cc2nnc(-c3ccc(OC)c(OC)c3)n2[C@@H]2CCCC[C@H]21. The molecule has 0 radical (unpaired) electrons. The number of hydrogen-bond acceptors (Lipinski definition) is 6. The predicted molar refractivity (Wildman–Crippen MR) is 107 cm³/mol. The Morgan fingerprint density at radius 1 is 1.07 bits per heavy atom. The first kappa shape index (κ1) is 19.7. The molecule has 1 aliphatic carbocycles. The van der Waals surface area contributed by atoms with Gasteiger partial charge in [-0.3, -0.25) is 4.79 Å². The van der Waals surface area contributed by atoms with E-state index in [1.54, 1.807) is 21.3 Å². The van der Waals surface area contributed by atoms with Crippen LogP contribution >= 0.6 is 0 Å². The zero-order chi connectivity index (χ0) is 20.4. The molecular formula is C21H28N4O4. The van der Waals surface area contributed by atoms with Crippen LogP contribution in [-0.2, 0) is 16.1 Å². The van der Waals surface area contributed by atoms with E-state index in [-0.39, 0.29) is 18.0 Å². The summed E-state index contributed by atoms with van der Waals surface area (Å²) in [5.41, 5.74) is 0.935. The third-order valence-corrected chi connectivity index (χ3v) is 5.99. The molecule has 8 nitrogen and oxygen atoms in total. The van der Waals surface area contributed by atoms with Gasteiger partial charge in [0.05, 0.1) is 45.9 Å². The molecule has 2 heterocycles. The van der Waals surface area contributed by atoms with Gasteiger partial charge >= 0.3 is 0 Å². The average molecular weight is 400 g/mol. The van der Waals surface area contributed by atoms with Crippen LogP contribution in [0, 0.1) is 0 Å². The van der Waals surface area contributed by atoms with Crippen molar-refractivity contribution in [3.05, 3.63) is 24.0 Å². The van der Waals surface area contributed by atoms with Crippen molar-refractivity contribution < 1.29 is 19.0 Å². The molecule has 1 saturated carbocycles. The molecule has 1 fully saturated rings. The predicted octanol–water partition coefficient (Wildman–Crippen LogP) is 2.82. The molecule has 0 saturated heterocycles. The normalized spacial score (nSPS) is 20.7. The lowest BCUT2D eigenvalue weighted by atomic mass is 9.87. The van der Waals surface area contributed by atoms with Crippen LogP contribution in [0.15, 0.2) is 18.2 Å². The van der Waals surface area contributed by atoms with Gasteiger partial charge in [0.25, 0.3) is 0 Å². The van der Waals surface area contributed by atoms with Gasteiger partial charge in [0.2, 0.25) is 5.91 Å². The van der Waals surface area contributed by atoms with Crippen molar-refractivity contribution in [2.75, 3.05) is 27.9 Å². The molecule has 1 aromatic carbocycles. The van der Waals surface area contributed by atoms with E-state index in [9.17, 15) is 4.79 Å². The lowest BCUT2D eigenvalue weighted by Crippen LogP contribution is -2.50. The van der Waals surface area contributed by atoms with Crippen LogP contribution in [0.4, 0.5) is 0 Å². The first-order chi connectivity index (χ1) is 14.2. The monoisotopic (exact) mass is 400 g/mol. The summed E-state index contributed by atoms with van der Waals surface area (Å²) in [4.78, 5) is 14.8. The van der Waals surface area contributed by atoms with Gasteiger partial charge in [0.15, 0.2) is 23.1 Å². The Hall–Kier alpha value is -2.61. The minimum atomic E-state index is 0.130. The van der Waals surface area contributed by atoms with E-state index in [2.05, 4.69) is 14.8 Å². The Morgan fingerprint density at radius 2 is 1.83 bits per heavy atom. The number of fused-ring (bicyclic) bond motifs is 3. The standard InChI is InChI=1S/C21H28N4O4/c1-27-11-10-20(26)24-13-19-22-23-21(25(19)16-7-5-4-6-15(16)24)14-8-9-17(28-2)18(12-14)29-3/h8-9,12,15-16H,4-7,10-11,13H2,1-3H3/t15-,16-/m1/s1. The van der Waals surface area contributed by atoms with Gasteiger partial charge in [0, 0.05) is 12.7 Å². The highest BCUT2D eigenvalue weighted by molar-refractivity contribution is 5.77. The van der Waals surface area contributed by atoms with Gasteiger partial charge in [0.1, 0.15) is 0 Å². The highest BCUT2D eigenvalue weighted by atomic mass is 16.5. The van der Waals surface area contributed by atoms with E-state index in [1.807, 2.05) is 23.1 Å². The van der Waals surface area contributed by atoms with E-state index in [0.29, 0.717) is 31.1 Å². The molecule has 0 unspecified atom stereocenters. The average Bonchev–Trinajstić information content (AvgIpc) is 3.20. The number of amides is 1. The van der Waals surface area contributed by atoms with Crippen molar-refractivity contribution in [3.8, 4) is 22.9 Å². The highest BCUT2D eigenvalue weighted by Crippen LogP contribution is 2.41. The van der Waals surface area contributed by atoms with Gasteiger partial charge in [-0.25, -0.2) is 0 Å². The molecule has 0 N–H and O–H groups in total. The zero-order valence-corrected chi connectivity index (χ0v) is 17.3. The molecule has 2 atom stereocenters. The number of carbonyl (C=O) groups is 1. The van der Waals surface area contributed by atoms with E-state index < -0.39 is 0 Å². The number of carbonyl (C=O) groups excluding carboxylic acids is 1. The Bertz CT molecular complexity index is 882. The number of benzene rings is 1. The zero-order valence-electron chi connectivity index (χ0n) is 17.3. The molecule has 0 bridgehead atoms. The third kappa shape index (κ3) is 3.57. The van der Waals surface area contributed by atoms with E-state index in [0.717, 1.165) is 42.9 Å². The molecule has 29 heavy (non-hydrogen) atoms. The second kappa shape index (κ2) is 8.41. The van der Waals surface area contributed by atoms with Crippen molar-refractivity contribution in [1.29, 1.82) is 0 Å². The fourth-order valence-corrected chi connectivity index (χ4v) is 4.58. The molecule has 1 amide bonds. The molecule has 4 rings (SSSR count). The van der Waals surface area contributed by atoms with Gasteiger partial charge in [-0.05, 0) is 31.0 Å². The summed E-state index contributed by atoms with van der Waals surface area (Å²) in [5.74, 6) is 3.13. The molecule has 156 valence electrons. The van der Waals surface area contributed by atoms with Crippen molar-refractivity contribution in [3.63, 3.8) is 0 Å². The largest absolute Gasteiger partial charge is 0.493 e. The number of hydrogen-bond donors (Lipinski definition) is 0. The highest BCUT2D eigenvalue weighted by Gasteiger charge is 2.41. The fourth-order valence-electron chi connectivity index (χ4n) is 4.58. The molecular weight excluding hydrogens is 372 g/mol. The third-order valence-electron chi connectivity index (χ3n) is 5.99. The van der Waals surface area contributed by atoms with Crippen molar-refractivity contribution >= 4 is 5.91 Å². The summed E-state index contributed by atoms with van der Waals surface area (Å²) >= 11 is 0. The van der Waals surface area contributed by atoms with Crippen LogP contribution in [0.1, 0.15) is 44.0 Å². The Kier molecular flexibility index (Phi) is 5.71. The summed E-state index contributed by atoms with van der Waals surface area (Å²) in [5, 5.41) is 8.95. The van der Waals surface area contributed by atoms with E-state index >= 15 is 0 Å². The van der Waals surface area contributed by atoms with Crippen LogP contribution in [0.5, 0.6) is 11.5 Å². The maximum atomic E-state index is 12.8. The first-order valence-electron chi connectivity index (χ1n) is 10.1. The van der Waals surface area contributed by atoms with Gasteiger partial charge in [-0.15, -0.1) is 10.2 Å². The van der Waals surface area contributed by atoms with Crippen LogP contribution in [-0.4, -0.2) is 59.5 Å². The van der Waals surface area contributed by atoms with Crippen LogP contribution in [0.2, 0.25) is 0 Å². The lowest BCUT2D eigenvalue weighted by Gasteiger charge is -2.44. The number of methoxy groups -OCH3 is 3. The summed E-state index contributed by atoms with van der Waals surface area (Å²) in [6, 6.07) is 6.17. The number of aromatic nitrogens is 3. The Balaban J connectivity index is 1.71. The first-order valence-corrected chi connectivity index (χ1v) is 10.1. The maximum Gasteiger partial charge on any atom is 0.225 e. The quantitative estimate of drug-likeness (QED) is 0.742. The lowest BCUT2D eigenvalue weighted by molar-refractivity contribution is -0.138. The second-order valence-corrected chi connectivity index (χ2v) is 7.56.